The van der Waals surface area contributed by atoms with E-state index < -0.39 is 0 Å². The van der Waals surface area contributed by atoms with Crippen molar-refractivity contribution in [2.75, 3.05) is 39.3 Å². The fourth-order valence-corrected chi connectivity index (χ4v) is 2.81. The van der Waals surface area contributed by atoms with Crippen LogP contribution < -0.4 is 16.0 Å². The van der Waals surface area contributed by atoms with E-state index in [1.54, 1.807) is 0 Å². The number of nitrogens with one attached hydrogen (secondary N) is 3. The molecule has 0 saturated heterocycles. The molecule has 0 atom stereocenters. The second-order valence-electron chi connectivity index (χ2n) is 6.43. The summed E-state index contributed by atoms with van der Waals surface area (Å²) in [6.07, 6.45) is 4.61. The molecule has 2 rings (SSSR count). The second-order valence-corrected chi connectivity index (χ2v) is 6.43. The molecule has 0 aromatic heterocycles. The van der Waals surface area contributed by atoms with Crippen molar-refractivity contribution in [3.8, 4) is 0 Å². The van der Waals surface area contributed by atoms with E-state index in [0.717, 1.165) is 52.1 Å². The van der Waals surface area contributed by atoms with Crippen LogP contribution in [0.25, 0.3) is 0 Å². The van der Waals surface area contributed by atoms with Crippen molar-refractivity contribution < 1.29 is 0 Å². The maximum absolute atomic E-state index is 3.52. The molecule has 25 heavy (non-hydrogen) atoms. The SMILES string of the molecule is c1ccc(CCNCCCNCCCNCCc2ccccc2)cc1. The Labute approximate surface area is 153 Å². The number of hydrogen-bond donors (Lipinski definition) is 3. The molecule has 0 unspecified atom stereocenters. The first kappa shape index (κ1) is 19.6. The van der Waals surface area contributed by atoms with E-state index in [1.165, 1.54) is 24.0 Å². The Balaban J connectivity index is 1.30. The molecule has 0 aliphatic rings. The van der Waals surface area contributed by atoms with Gasteiger partial charge in [-0.3, -0.25) is 0 Å². The van der Waals surface area contributed by atoms with Gasteiger partial charge in [-0.2, -0.15) is 0 Å². The lowest BCUT2D eigenvalue weighted by Gasteiger charge is -2.07. The summed E-state index contributed by atoms with van der Waals surface area (Å²) in [5.41, 5.74) is 2.82. The Morgan fingerprint density at radius 1 is 0.440 bits per heavy atom. The average Bonchev–Trinajstić information content (AvgIpc) is 2.67. The molecule has 2 aromatic carbocycles. The van der Waals surface area contributed by atoms with Gasteiger partial charge in [-0.1, -0.05) is 60.7 Å². The second kappa shape index (κ2) is 13.6. The molecule has 0 amide bonds. The van der Waals surface area contributed by atoms with Gasteiger partial charge in [0.25, 0.3) is 0 Å². The standard InChI is InChI=1S/C22H33N3/c1-3-9-21(10-4-1)13-19-24-17-7-15-23-16-8-18-25-20-14-22-11-5-2-6-12-22/h1-6,9-12,23-25H,7-8,13-20H2. The molecule has 0 radical (unpaired) electrons. The number of benzene rings is 2. The summed E-state index contributed by atoms with van der Waals surface area (Å²) in [5.74, 6) is 0. The van der Waals surface area contributed by atoms with Gasteiger partial charge in [0.05, 0.1) is 0 Å². The van der Waals surface area contributed by atoms with Crippen molar-refractivity contribution in [2.45, 2.75) is 25.7 Å². The molecule has 3 heteroatoms. The Morgan fingerprint density at radius 3 is 1.20 bits per heavy atom. The van der Waals surface area contributed by atoms with Crippen molar-refractivity contribution >= 4 is 0 Å². The minimum atomic E-state index is 1.06. The molecule has 3 N–H and O–H groups in total. The quantitative estimate of drug-likeness (QED) is 0.463. The Bertz CT molecular complexity index is 478. The van der Waals surface area contributed by atoms with Gasteiger partial charge < -0.3 is 16.0 Å². The third-order valence-electron chi connectivity index (χ3n) is 4.28. The summed E-state index contributed by atoms with van der Waals surface area (Å²) < 4.78 is 0. The lowest BCUT2D eigenvalue weighted by molar-refractivity contribution is 0.566. The topological polar surface area (TPSA) is 36.1 Å². The monoisotopic (exact) mass is 339 g/mol. The summed E-state index contributed by atoms with van der Waals surface area (Å²) in [4.78, 5) is 0. The summed E-state index contributed by atoms with van der Waals surface area (Å²) in [6.45, 7) is 6.51. The normalized spacial score (nSPS) is 10.9. The maximum atomic E-state index is 3.52. The zero-order valence-corrected chi connectivity index (χ0v) is 15.3. The highest BCUT2D eigenvalue weighted by molar-refractivity contribution is 5.15. The zero-order valence-electron chi connectivity index (χ0n) is 15.3. The van der Waals surface area contributed by atoms with E-state index in [9.17, 15) is 0 Å². The van der Waals surface area contributed by atoms with E-state index in [0.29, 0.717) is 0 Å². The molecule has 136 valence electrons. The summed E-state index contributed by atoms with van der Waals surface area (Å²) >= 11 is 0. The van der Waals surface area contributed by atoms with E-state index in [4.69, 9.17) is 0 Å². The largest absolute Gasteiger partial charge is 0.317 e. The molecule has 2 aromatic rings. The highest BCUT2D eigenvalue weighted by Crippen LogP contribution is 1.98. The molecule has 0 saturated carbocycles. The molecule has 0 fully saturated rings. The Morgan fingerprint density at radius 2 is 0.800 bits per heavy atom. The Kier molecular flexibility index (Phi) is 10.7. The highest BCUT2D eigenvalue weighted by atomic mass is 14.9. The predicted molar refractivity (Wildman–Crippen MR) is 108 cm³/mol. The lowest BCUT2D eigenvalue weighted by Crippen LogP contribution is -2.26. The highest BCUT2D eigenvalue weighted by Gasteiger charge is 1.94. The van der Waals surface area contributed by atoms with Crippen LogP contribution in [0.15, 0.2) is 60.7 Å². The van der Waals surface area contributed by atoms with E-state index >= 15 is 0 Å². The van der Waals surface area contributed by atoms with Crippen molar-refractivity contribution in [3.05, 3.63) is 71.8 Å². The van der Waals surface area contributed by atoms with Crippen LogP contribution in [-0.2, 0) is 12.8 Å². The van der Waals surface area contributed by atoms with Gasteiger partial charge in [0.15, 0.2) is 0 Å². The smallest absolute Gasteiger partial charge is 0.000834 e. The fourth-order valence-electron chi connectivity index (χ4n) is 2.81. The van der Waals surface area contributed by atoms with E-state index in [1.807, 2.05) is 0 Å². The summed E-state index contributed by atoms with van der Waals surface area (Å²) in [7, 11) is 0. The molecule has 0 aliphatic heterocycles. The minimum Gasteiger partial charge on any atom is -0.317 e. The van der Waals surface area contributed by atoms with Crippen LogP contribution in [0.2, 0.25) is 0 Å². The third kappa shape index (κ3) is 10.0. The predicted octanol–water partition coefficient (Wildman–Crippen LogP) is 3.02. The van der Waals surface area contributed by atoms with Gasteiger partial charge in [0.1, 0.15) is 0 Å². The molecule has 0 aliphatic carbocycles. The first-order chi connectivity index (χ1) is 12.4. The summed E-state index contributed by atoms with van der Waals surface area (Å²) in [6, 6.07) is 21.3. The van der Waals surface area contributed by atoms with Gasteiger partial charge in [-0.05, 0) is 76.1 Å². The maximum Gasteiger partial charge on any atom is -0.000834 e. The molecular weight excluding hydrogens is 306 g/mol. The van der Waals surface area contributed by atoms with Crippen molar-refractivity contribution in [3.63, 3.8) is 0 Å². The van der Waals surface area contributed by atoms with Gasteiger partial charge in [-0.25, -0.2) is 0 Å². The van der Waals surface area contributed by atoms with E-state index in [-0.39, 0.29) is 0 Å². The van der Waals surface area contributed by atoms with Crippen LogP contribution in [0.3, 0.4) is 0 Å². The first-order valence-corrected chi connectivity index (χ1v) is 9.65. The van der Waals surface area contributed by atoms with Crippen LogP contribution in [-0.4, -0.2) is 39.3 Å². The number of rotatable bonds is 14. The Hall–Kier alpha value is -1.68. The van der Waals surface area contributed by atoms with Crippen molar-refractivity contribution in [1.29, 1.82) is 0 Å². The van der Waals surface area contributed by atoms with Crippen molar-refractivity contribution in [2.24, 2.45) is 0 Å². The van der Waals surface area contributed by atoms with Crippen LogP contribution >= 0.6 is 0 Å². The lowest BCUT2D eigenvalue weighted by atomic mass is 10.1. The van der Waals surface area contributed by atoms with Crippen LogP contribution in [0.1, 0.15) is 24.0 Å². The zero-order chi connectivity index (χ0) is 17.4. The van der Waals surface area contributed by atoms with Gasteiger partial charge >= 0.3 is 0 Å². The van der Waals surface area contributed by atoms with E-state index in [2.05, 4.69) is 76.6 Å². The van der Waals surface area contributed by atoms with Gasteiger partial charge in [0.2, 0.25) is 0 Å². The summed E-state index contributed by atoms with van der Waals surface area (Å²) in [5, 5.41) is 10.6. The van der Waals surface area contributed by atoms with Crippen LogP contribution in [0.4, 0.5) is 0 Å². The number of hydrogen-bond acceptors (Lipinski definition) is 3. The molecule has 0 spiro atoms. The van der Waals surface area contributed by atoms with Gasteiger partial charge in [0, 0.05) is 0 Å². The van der Waals surface area contributed by atoms with Crippen LogP contribution in [0, 0.1) is 0 Å². The van der Waals surface area contributed by atoms with Gasteiger partial charge in [-0.15, -0.1) is 0 Å². The first-order valence-electron chi connectivity index (χ1n) is 9.65. The van der Waals surface area contributed by atoms with Crippen LogP contribution in [0.5, 0.6) is 0 Å². The minimum absolute atomic E-state index is 1.06. The average molecular weight is 340 g/mol. The fraction of sp³-hybridized carbons (Fsp3) is 0.455. The molecular formula is C22H33N3. The van der Waals surface area contributed by atoms with Crippen molar-refractivity contribution in [1.82, 2.24) is 16.0 Å². The molecule has 0 heterocycles. The molecule has 3 nitrogen and oxygen atoms in total. The molecule has 0 bridgehead atoms. The third-order valence-corrected chi connectivity index (χ3v) is 4.28.